The number of hydrogen-bond donors (Lipinski definition) is 1. The topological polar surface area (TPSA) is 116 Å². The fourth-order valence-electron chi connectivity index (χ4n) is 2.30. The molecule has 3 aromatic heterocycles. The van der Waals surface area contributed by atoms with Gasteiger partial charge < -0.3 is 14.5 Å². The molecule has 0 aromatic carbocycles. The van der Waals surface area contributed by atoms with Gasteiger partial charge >= 0.3 is 11.9 Å². The second kappa shape index (κ2) is 7.67. The molecule has 0 aliphatic carbocycles. The third-order valence-electron chi connectivity index (χ3n) is 3.55. The average Bonchev–Trinajstić information content (AvgIpc) is 3.13. The van der Waals surface area contributed by atoms with E-state index in [9.17, 15) is 4.79 Å². The van der Waals surface area contributed by atoms with Crippen LogP contribution in [-0.2, 0) is 10.3 Å². The highest BCUT2D eigenvalue weighted by molar-refractivity contribution is 6.31. The Bertz CT molecular complexity index is 942. The van der Waals surface area contributed by atoms with Crippen LogP contribution in [0.4, 0.5) is 5.95 Å². The first-order chi connectivity index (χ1) is 12.9. The predicted octanol–water partition coefficient (Wildman–Crippen LogP) is 3.10. The number of aromatic nitrogens is 5. The van der Waals surface area contributed by atoms with E-state index in [0.29, 0.717) is 22.2 Å². The minimum atomic E-state index is -0.676. The molecular formula is C17H17ClN6O3. The second-order valence-corrected chi connectivity index (χ2v) is 6.42. The van der Waals surface area contributed by atoms with Gasteiger partial charge in [0, 0.05) is 18.6 Å². The van der Waals surface area contributed by atoms with Crippen LogP contribution in [0.5, 0.6) is 0 Å². The van der Waals surface area contributed by atoms with E-state index in [0.717, 1.165) is 0 Å². The van der Waals surface area contributed by atoms with Gasteiger partial charge in [0.15, 0.2) is 0 Å². The van der Waals surface area contributed by atoms with E-state index in [4.69, 9.17) is 20.8 Å². The molecule has 140 valence electrons. The van der Waals surface area contributed by atoms with Crippen molar-refractivity contribution in [2.45, 2.75) is 26.3 Å². The zero-order chi connectivity index (χ0) is 19.4. The maximum atomic E-state index is 11.6. The Kier molecular flexibility index (Phi) is 5.31. The van der Waals surface area contributed by atoms with E-state index in [-0.39, 0.29) is 18.4 Å². The molecule has 3 rings (SSSR count). The van der Waals surface area contributed by atoms with E-state index in [1.807, 2.05) is 13.8 Å². The Morgan fingerprint density at radius 3 is 2.67 bits per heavy atom. The maximum Gasteiger partial charge on any atom is 0.396 e. The van der Waals surface area contributed by atoms with E-state index >= 15 is 0 Å². The SMILES string of the molecule is CCOC(=O)c1nnc(-c2cnc(NC(C)(C)c3ncccc3Cl)nc2)o1. The highest BCUT2D eigenvalue weighted by atomic mass is 35.5. The van der Waals surface area contributed by atoms with Crippen molar-refractivity contribution < 1.29 is 13.9 Å². The van der Waals surface area contributed by atoms with Crippen molar-refractivity contribution in [1.82, 2.24) is 25.1 Å². The summed E-state index contributed by atoms with van der Waals surface area (Å²) in [6, 6.07) is 3.54. The van der Waals surface area contributed by atoms with Crippen molar-refractivity contribution >= 4 is 23.5 Å². The molecule has 0 saturated carbocycles. The van der Waals surface area contributed by atoms with Gasteiger partial charge in [-0.2, -0.15) is 0 Å². The highest BCUT2D eigenvalue weighted by Gasteiger charge is 2.25. The molecule has 0 bridgehead atoms. The second-order valence-electron chi connectivity index (χ2n) is 6.01. The van der Waals surface area contributed by atoms with E-state index in [1.165, 1.54) is 12.4 Å². The van der Waals surface area contributed by atoms with Crippen molar-refractivity contribution in [3.63, 3.8) is 0 Å². The normalized spacial score (nSPS) is 11.3. The lowest BCUT2D eigenvalue weighted by atomic mass is 10.00. The standard InChI is InChI=1S/C17H17ClN6O3/c1-4-26-15(25)14-24-23-13(27-14)10-8-20-16(21-9-10)22-17(2,3)12-11(18)6-5-7-19-12/h5-9H,4H2,1-3H3,(H,20,21,22). The summed E-state index contributed by atoms with van der Waals surface area (Å²) in [5.74, 6) is -0.406. The zero-order valence-corrected chi connectivity index (χ0v) is 15.7. The van der Waals surface area contributed by atoms with E-state index in [2.05, 4.69) is 30.5 Å². The molecule has 0 amide bonds. The summed E-state index contributed by atoms with van der Waals surface area (Å²) in [6.45, 7) is 5.74. The molecule has 0 saturated heterocycles. The van der Waals surface area contributed by atoms with Crippen LogP contribution in [-0.4, -0.2) is 37.7 Å². The molecule has 3 aromatic rings. The van der Waals surface area contributed by atoms with Gasteiger partial charge in [-0.1, -0.05) is 11.6 Å². The summed E-state index contributed by atoms with van der Waals surface area (Å²) < 4.78 is 10.1. The summed E-state index contributed by atoms with van der Waals surface area (Å²) in [6.07, 6.45) is 4.69. The molecule has 9 nitrogen and oxygen atoms in total. The summed E-state index contributed by atoms with van der Waals surface area (Å²) in [5, 5.41) is 11.2. The van der Waals surface area contributed by atoms with Gasteiger partial charge in [-0.25, -0.2) is 14.8 Å². The number of ether oxygens (including phenoxy) is 1. The summed E-state index contributed by atoms with van der Waals surface area (Å²) in [4.78, 5) is 24.4. The summed E-state index contributed by atoms with van der Waals surface area (Å²) in [7, 11) is 0. The van der Waals surface area contributed by atoms with Crippen LogP contribution in [0.1, 0.15) is 37.2 Å². The number of nitrogens with zero attached hydrogens (tertiary/aromatic N) is 5. The molecule has 0 aliphatic rings. The van der Waals surface area contributed by atoms with Crippen LogP contribution in [0.3, 0.4) is 0 Å². The largest absolute Gasteiger partial charge is 0.459 e. The highest BCUT2D eigenvalue weighted by Crippen LogP contribution is 2.28. The number of esters is 1. The van der Waals surface area contributed by atoms with Crippen LogP contribution in [0, 0.1) is 0 Å². The van der Waals surface area contributed by atoms with Crippen molar-refractivity contribution in [2.75, 3.05) is 11.9 Å². The third-order valence-corrected chi connectivity index (χ3v) is 3.85. The molecule has 0 aliphatic heterocycles. The van der Waals surface area contributed by atoms with Crippen molar-refractivity contribution in [3.05, 3.63) is 47.3 Å². The van der Waals surface area contributed by atoms with Gasteiger partial charge in [0.25, 0.3) is 5.89 Å². The number of anilines is 1. The fraction of sp³-hybridized carbons (Fsp3) is 0.294. The Morgan fingerprint density at radius 1 is 1.26 bits per heavy atom. The Morgan fingerprint density at radius 2 is 2.00 bits per heavy atom. The number of halogens is 1. The van der Waals surface area contributed by atoms with Crippen LogP contribution in [0.25, 0.3) is 11.5 Å². The lowest BCUT2D eigenvalue weighted by molar-refractivity contribution is 0.0481. The molecule has 0 spiro atoms. The Hall–Kier alpha value is -3.07. The van der Waals surface area contributed by atoms with Gasteiger partial charge in [-0.3, -0.25) is 4.98 Å². The molecule has 0 atom stereocenters. The monoisotopic (exact) mass is 388 g/mol. The Balaban J connectivity index is 1.76. The summed E-state index contributed by atoms with van der Waals surface area (Å²) in [5.41, 5.74) is 0.550. The van der Waals surface area contributed by atoms with Crippen LogP contribution in [0.2, 0.25) is 5.02 Å². The molecule has 27 heavy (non-hydrogen) atoms. The first kappa shape index (κ1) is 18.7. The number of rotatable bonds is 6. The van der Waals surface area contributed by atoms with Gasteiger partial charge in [0.2, 0.25) is 5.95 Å². The molecular weight excluding hydrogens is 372 g/mol. The molecule has 10 heteroatoms. The number of hydrogen-bond acceptors (Lipinski definition) is 9. The van der Waals surface area contributed by atoms with Gasteiger partial charge in [-0.15, -0.1) is 10.2 Å². The molecule has 1 N–H and O–H groups in total. The van der Waals surface area contributed by atoms with Gasteiger partial charge in [0.1, 0.15) is 0 Å². The first-order valence-corrected chi connectivity index (χ1v) is 8.50. The predicted molar refractivity (Wildman–Crippen MR) is 97.2 cm³/mol. The van der Waals surface area contributed by atoms with Crippen molar-refractivity contribution in [2.24, 2.45) is 0 Å². The number of nitrogens with one attached hydrogen (secondary N) is 1. The van der Waals surface area contributed by atoms with Crippen LogP contribution in [0.15, 0.2) is 35.1 Å². The van der Waals surface area contributed by atoms with Crippen LogP contribution < -0.4 is 5.32 Å². The van der Waals surface area contributed by atoms with Crippen LogP contribution >= 0.6 is 11.6 Å². The van der Waals surface area contributed by atoms with E-state index in [1.54, 1.807) is 25.3 Å². The van der Waals surface area contributed by atoms with Gasteiger partial charge in [-0.05, 0) is 32.9 Å². The maximum absolute atomic E-state index is 11.6. The summed E-state index contributed by atoms with van der Waals surface area (Å²) >= 11 is 6.22. The number of carbonyl (C=O) groups excluding carboxylic acids is 1. The fourth-order valence-corrected chi connectivity index (χ4v) is 2.66. The lowest BCUT2D eigenvalue weighted by Gasteiger charge is -2.26. The Labute approximate surface area is 160 Å². The number of pyridine rings is 1. The number of carbonyl (C=O) groups is 1. The third kappa shape index (κ3) is 4.20. The van der Waals surface area contributed by atoms with Crippen molar-refractivity contribution in [3.8, 4) is 11.5 Å². The molecule has 0 fully saturated rings. The average molecular weight is 389 g/mol. The first-order valence-electron chi connectivity index (χ1n) is 8.13. The molecule has 0 radical (unpaired) electrons. The smallest absolute Gasteiger partial charge is 0.396 e. The van der Waals surface area contributed by atoms with E-state index < -0.39 is 11.5 Å². The minimum Gasteiger partial charge on any atom is -0.459 e. The zero-order valence-electron chi connectivity index (χ0n) is 14.9. The van der Waals surface area contributed by atoms with Gasteiger partial charge in [0.05, 0.1) is 28.4 Å². The molecule has 0 unspecified atom stereocenters. The quantitative estimate of drug-likeness (QED) is 0.635. The lowest BCUT2D eigenvalue weighted by Crippen LogP contribution is -2.30. The molecule has 3 heterocycles. The van der Waals surface area contributed by atoms with Crippen molar-refractivity contribution in [1.29, 1.82) is 0 Å². The minimum absolute atomic E-state index is 0.122.